The van der Waals surface area contributed by atoms with Gasteiger partial charge >= 0.3 is 0 Å². The first kappa shape index (κ1) is 15.1. The van der Waals surface area contributed by atoms with Gasteiger partial charge in [0.15, 0.2) is 0 Å². The van der Waals surface area contributed by atoms with E-state index in [1.54, 1.807) is 12.4 Å². The number of nitrogens with zero attached hydrogens (tertiary/aromatic N) is 1. The van der Waals surface area contributed by atoms with Crippen LogP contribution < -0.4 is 4.72 Å². The minimum absolute atomic E-state index is 0.0219. The van der Waals surface area contributed by atoms with Crippen molar-refractivity contribution in [2.75, 3.05) is 6.54 Å². The lowest BCUT2D eigenvalue weighted by atomic mass is 10.2. The third-order valence-corrected chi connectivity index (χ3v) is 5.08. The lowest BCUT2D eigenvalue weighted by Gasteiger charge is -2.08. The van der Waals surface area contributed by atoms with Crippen molar-refractivity contribution in [2.45, 2.75) is 11.3 Å². The van der Waals surface area contributed by atoms with E-state index in [4.69, 9.17) is 0 Å². The van der Waals surface area contributed by atoms with Crippen molar-refractivity contribution in [3.63, 3.8) is 0 Å². The molecule has 1 aromatic heterocycles. The van der Waals surface area contributed by atoms with Crippen LogP contribution in [0.1, 0.15) is 5.56 Å². The molecule has 0 saturated carbocycles. The monoisotopic (exact) mass is 358 g/mol. The van der Waals surface area contributed by atoms with Crippen LogP contribution in [-0.4, -0.2) is 19.9 Å². The molecule has 1 aromatic carbocycles. The molecule has 0 aliphatic heterocycles. The Morgan fingerprint density at radius 3 is 2.55 bits per heavy atom. The molecule has 0 aliphatic rings. The van der Waals surface area contributed by atoms with Gasteiger partial charge in [-0.1, -0.05) is 0 Å². The molecule has 0 fully saturated rings. The van der Waals surface area contributed by atoms with Crippen molar-refractivity contribution >= 4 is 26.0 Å². The summed E-state index contributed by atoms with van der Waals surface area (Å²) in [6.45, 7) is 0.260. The molecule has 2 rings (SSSR count). The zero-order valence-electron chi connectivity index (χ0n) is 10.4. The molecule has 0 aliphatic carbocycles. The summed E-state index contributed by atoms with van der Waals surface area (Å²) < 4.78 is 39.8. The minimum Gasteiger partial charge on any atom is -0.265 e. The van der Waals surface area contributed by atoms with E-state index in [0.29, 0.717) is 6.42 Å². The van der Waals surface area contributed by atoms with Gasteiger partial charge < -0.3 is 0 Å². The number of halogens is 2. The van der Waals surface area contributed by atoms with E-state index in [2.05, 4.69) is 25.6 Å². The first-order valence-electron chi connectivity index (χ1n) is 5.83. The Morgan fingerprint density at radius 2 is 1.90 bits per heavy atom. The van der Waals surface area contributed by atoms with E-state index >= 15 is 0 Å². The first-order valence-corrected chi connectivity index (χ1v) is 8.10. The van der Waals surface area contributed by atoms with E-state index in [1.165, 1.54) is 6.07 Å². The SMILES string of the molecule is O=S(=O)(NCCc1ccncc1)c1ccc(F)cc1Br. The maximum absolute atomic E-state index is 13.0. The largest absolute Gasteiger partial charge is 0.265 e. The van der Waals surface area contributed by atoms with Crippen molar-refractivity contribution in [3.05, 3.63) is 58.6 Å². The van der Waals surface area contributed by atoms with Gasteiger partial charge in [0.2, 0.25) is 10.0 Å². The highest BCUT2D eigenvalue weighted by atomic mass is 79.9. The Balaban J connectivity index is 2.04. The second-order valence-corrected chi connectivity index (χ2v) is 6.67. The van der Waals surface area contributed by atoms with Gasteiger partial charge in [-0.25, -0.2) is 17.5 Å². The van der Waals surface area contributed by atoms with Crippen LogP contribution in [0.4, 0.5) is 4.39 Å². The van der Waals surface area contributed by atoms with Gasteiger partial charge in [0.05, 0.1) is 4.90 Å². The zero-order valence-corrected chi connectivity index (χ0v) is 12.8. The molecule has 0 saturated heterocycles. The summed E-state index contributed by atoms with van der Waals surface area (Å²) in [4.78, 5) is 3.91. The fourth-order valence-corrected chi connectivity index (χ4v) is 3.73. The Labute approximate surface area is 125 Å². The maximum atomic E-state index is 13.0. The van der Waals surface area contributed by atoms with Gasteiger partial charge in [-0.3, -0.25) is 4.98 Å². The smallest absolute Gasteiger partial charge is 0.241 e. The topological polar surface area (TPSA) is 59.1 Å². The summed E-state index contributed by atoms with van der Waals surface area (Å²) in [7, 11) is -3.66. The summed E-state index contributed by atoms with van der Waals surface area (Å²) in [5, 5.41) is 0. The van der Waals surface area contributed by atoms with Crippen molar-refractivity contribution in [1.29, 1.82) is 0 Å². The third-order valence-electron chi connectivity index (χ3n) is 2.64. The molecule has 4 nitrogen and oxygen atoms in total. The third kappa shape index (κ3) is 3.84. The van der Waals surface area contributed by atoms with E-state index in [1.807, 2.05) is 12.1 Å². The van der Waals surface area contributed by atoms with E-state index in [9.17, 15) is 12.8 Å². The number of sulfonamides is 1. The average Bonchev–Trinajstić information content (AvgIpc) is 2.39. The number of nitrogens with one attached hydrogen (secondary N) is 1. The van der Waals surface area contributed by atoms with Crippen LogP contribution in [0.3, 0.4) is 0 Å². The fraction of sp³-hybridized carbons (Fsp3) is 0.154. The molecule has 7 heteroatoms. The molecule has 0 unspecified atom stereocenters. The molecule has 106 valence electrons. The zero-order chi connectivity index (χ0) is 14.6. The molecule has 0 spiro atoms. The van der Waals surface area contributed by atoms with Crippen molar-refractivity contribution in [3.8, 4) is 0 Å². The van der Waals surface area contributed by atoms with E-state index in [-0.39, 0.29) is 15.9 Å². The Morgan fingerprint density at radius 1 is 1.20 bits per heavy atom. The summed E-state index contributed by atoms with van der Waals surface area (Å²) in [6, 6.07) is 7.11. The minimum atomic E-state index is -3.66. The lowest BCUT2D eigenvalue weighted by molar-refractivity contribution is 0.580. The van der Waals surface area contributed by atoms with Crippen molar-refractivity contribution < 1.29 is 12.8 Å². The summed E-state index contributed by atoms with van der Waals surface area (Å²) in [5.41, 5.74) is 0.987. The molecule has 0 radical (unpaired) electrons. The molecule has 20 heavy (non-hydrogen) atoms. The highest BCUT2D eigenvalue weighted by Gasteiger charge is 2.17. The molecule has 0 amide bonds. The fourth-order valence-electron chi connectivity index (χ4n) is 1.65. The van der Waals surface area contributed by atoms with Gasteiger partial charge in [-0.05, 0) is 58.2 Å². The Bertz CT molecular complexity index is 693. The first-order chi connectivity index (χ1) is 9.49. The second-order valence-electron chi connectivity index (χ2n) is 4.08. The van der Waals surface area contributed by atoms with Crippen molar-refractivity contribution in [2.24, 2.45) is 0 Å². The van der Waals surface area contributed by atoms with Crippen LogP contribution in [0, 0.1) is 5.82 Å². The van der Waals surface area contributed by atoms with E-state index in [0.717, 1.165) is 17.7 Å². The number of aromatic nitrogens is 1. The summed E-state index contributed by atoms with van der Waals surface area (Å²) >= 11 is 3.05. The highest BCUT2D eigenvalue weighted by Crippen LogP contribution is 2.22. The van der Waals surface area contributed by atoms with Crippen molar-refractivity contribution in [1.82, 2.24) is 9.71 Å². The van der Waals surface area contributed by atoms with E-state index < -0.39 is 15.8 Å². The highest BCUT2D eigenvalue weighted by molar-refractivity contribution is 9.10. The summed E-state index contributed by atoms with van der Waals surface area (Å²) in [6.07, 6.45) is 3.86. The molecule has 0 atom stereocenters. The van der Waals surface area contributed by atoms with Crippen LogP contribution in [0.15, 0.2) is 52.1 Å². The second kappa shape index (κ2) is 6.43. The van der Waals surface area contributed by atoms with Crippen LogP contribution >= 0.6 is 15.9 Å². The molecular weight excluding hydrogens is 347 g/mol. The number of rotatable bonds is 5. The Kier molecular flexibility index (Phi) is 4.85. The summed E-state index contributed by atoms with van der Waals surface area (Å²) in [5.74, 6) is -0.493. The van der Waals surface area contributed by atoms with Crippen LogP contribution in [-0.2, 0) is 16.4 Å². The van der Waals surface area contributed by atoms with Crippen LogP contribution in [0.2, 0.25) is 0 Å². The van der Waals surface area contributed by atoms with Gasteiger partial charge in [-0.2, -0.15) is 0 Å². The quantitative estimate of drug-likeness (QED) is 0.893. The maximum Gasteiger partial charge on any atom is 0.241 e. The van der Waals surface area contributed by atoms with Crippen LogP contribution in [0.5, 0.6) is 0 Å². The predicted octanol–water partition coefficient (Wildman–Crippen LogP) is 2.50. The molecule has 2 aromatic rings. The number of hydrogen-bond acceptors (Lipinski definition) is 3. The molecule has 1 heterocycles. The standard InChI is InChI=1S/C13H12BrFN2O2S/c14-12-9-11(15)1-2-13(12)20(18,19)17-8-5-10-3-6-16-7-4-10/h1-4,6-7,9,17H,5,8H2. The Hall–Kier alpha value is -1.31. The average molecular weight is 359 g/mol. The molecular formula is C13H12BrFN2O2S. The number of hydrogen-bond donors (Lipinski definition) is 1. The van der Waals surface area contributed by atoms with Gasteiger partial charge in [-0.15, -0.1) is 0 Å². The lowest BCUT2D eigenvalue weighted by Crippen LogP contribution is -2.26. The number of pyridine rings is 1. The normalized spacial score (nSPS) is 11.5. The molecule has 1 N–H and O–H groups in total. The number of benzene rings is 1. The van der Waals surface area contributed by atoms with Gasteiger partial charge in [0.1, 0.15) is 5.82 Å². The van der Waals surface area contributed by atoms with Crippen LogP contribution in [0.25, 0.3) is 0 Å². The van der Waals surface area contributed by atoms with Gasteiger partial charge in [0.25, 0.3) is 0 Å². The van der Waals surface area contributed by atoms with Gasteiger partial charge in [0, 0.05) is 23.4 Å². The predicted molar refractivity (Wildman–Crippen MR) is 77.2 cm³/mol. The molecule has 0 bridgehead atoms.